The Kier molecular flexibility index (Phi) is 8.58. The summed E-state index contributed by atoms with van der Waals surface area (Å²) in [7, 11) is 0. The SMILES string of the molecule is CC(=O)OC/C=C\C=C\CCCOC(=O)C(C)(C)C. The largest absolute Gasteiger partial charge is 0.465 e. The Hall–Kier alpha value is -1.58. The molecule has 0 aromatic heterocycles. The molecule has 0 bridgehead atoms. The molecule has 0 radical (unpaired) electrons. The molecule has 0 fully saturated rings. The zero-order valence-electron chi connectivity index (χ0n) is 12.3. The van der Waals surface area contributed by atoms with Gasteiger partial charge in [0.25, 0.3) is 0 Å². The Labute approximate surface area is 115 Å². The van der Waals surface area contributed by atoms with E-state index in [1.54, 1.807) is 6.08 Å². The van der Waals surface area contributed by atoms with E-state index in [0.717, 1.165) is 12.8 Å². The average molecular weight is 268 g/mol. The Bertz CT molecular complexity index is 335. The van der Waals surface area contributed by atoms with Crippen LogP contribution in [-0.2, 0) is 19.1 Å². The summed E-state index contributed by atoms with van der Waals surface area (Å²) < 4.78 is 9.86. The van der Waals surface area contributed by atoms with E-state index in [9.17, 15) is 9.59 Å². The van der Waals surface area contributed by atoms with Gasteiger partial charge < -0.3 is 9.47 Å². The first-order valence-corrected chi connectivity index (χ1v) is 6.46. The lowest BCUT2D eigenvalue weighted by Crippen LogP contribution is -2.23. The van der Waals surface area contributed by atoms with Crippen molar-refractivity contribution >= 4 is 11.9 Å². The first-order valence-electron chi connectivity index (χ1n) is 6.46. The summed E-state index contributed by atoms with van der Waals surface area (Å²) in [5.74, 6) is -0.452. The second-order valence-corrected chi connectivity index (χ2v) is 5.19. The average Bonchev–Trinajstić information content (AvgIpc) is 2.29. The molecule has 0 spiro atoms. The first-order chi connectivity index (χ1) is 8.84. The van der Waals surface area contributed by atoms with Gasteiger partial charge in [-0.2, -0.15) is 0 Å². The van der Waals surface area contributed by atoms with Crippen LogP contribution in [0.4, 0.5) is 0 Å². The van der Waals surface area contributed by atoms with Gasteiger partial charge >= 0.3 is 11.9 Å². The Balaban J connectivity index is 3.54. The van der Waals surface area contributed by atoms with E-state index in [0.29, 0.717) is 13.2 Å². The zero-order chi connectivity index (χ0) is 14.7. The summed E-state index contributed by atoms with van der Waals surface area (Å²) in [6, 6.07) is 0. The minimum absolute atomic E-state index is 0.169. The number of carbonyl (C=O) groups excluding carboxylic acids is 2. The maximum atomic E-state index is 11.4. The van der Waals surface area contributed by atoms with Gasteiger partial charge in [-0.3, -0.25) is 9.59 Å². The van der Waals surface area contributed by atoms with Crippen molar-refractivity contribution < 1.29 is 19.1 Å². The third-order valence-electron chi connectivity index (χ3n) is 2.13. The molecule has 0 unspecified atom stereocenters. The van der Waals surface area contributed by atoms with Crippen molar-refractivity contribution in [1.29, 1.82) is 0 Å². The molecule has 0 rings (SSSR count). The van der Waals surface area contributed by atoms with Crippen LogP contribution in [0.15, 0.2) is 24.3 Å². The minimum Gasteiger partial charge on any atom is -0.465 e. The van der Waals surface area contributed by atoms with Crippen LogP contribution in [0.5, 0.6) is 0 Å². The van der Waals surface area contributed by atoms with E-state index < -0.39 is 5.41 Å². The van der Waals surface area contributed by atoms with Gasteiger partial charge in [-0.15, -0.1) is 0 Å². The quantitative estimate of drug-likeness (QED) is 0.404. The summed E-state index contributed by atoms with van der Waals surface area (Å²) >= 11 is 0. The van der Waals surface area contributed by atoms with E-state index >= 15 is 0 Å². The molecular formula is C15H24O4. The van der Waals surface area contributed by atoms with Crippen LogP contribution in [0.25, 0.3) is 0 Å². The van der Waals surface area contributed by atoms with Gasteiger partial charge in [-0.1, -0.05) is 18.2 Å². The molecule has 0 heterocycles. The Morgan fingerprint density at radius 1 is 1.05 bits per heavy atom. The van der Waals surface area contributed by atoms with Gasteiger partial charge in [-0.25, -0.2) is 0 Å². The molecule has 108 valence electrons. The predicted octanol–water partition coefficient (Wildman–Crippen LogP) is 3.03. The van der Waals surface area contributed by atoms with Crippen LogP contribution in [0.3, 0.4) is 0 Å². The van der Waals surface area contributed by atoms with Gasteiger partial charge in [0, 0.05) is 6.92 Å². The fourth-order valence-corrected chi connectivity index (χ4v) is 1.06. The molecule has 4 heteroatoms. The molecule has 0 aliphatic heterocycles. The van der Waals surface area contributed by atoms with Gasteiger partial charge in [0.1, 0.15) is 6.61 Å². The van der Waals surface area contributed by atoms with Crippen LogP contribution in [0.2, 0.25) is 0 Å². The van der Waals surface area contributed by atoms with Crippen LogP contribution in [0, 0.1) is 5.41 Å². The van der Waals surface area contributed by atoms with Crippen LogP contribution >= 0.6 is 0 Å². The molecule has 0 aromatic carbocycles. The molecule has 0 aliphatic carbocycles. The fourth-order valence-electron chi connectivity index (χ4n) is 1.06. The highest BCUT2D eigenvalue weighted by molar-refractivity contribution is 5.75. The molecule has 0 saturated carbocycles. The third-order valence-corrected chi connectivity index (χ3v) is 2.13. The number of ether oxygens (including phenoxy) is 2. The predicted molar refractivity (Wildman–Crippen MR) is 74.6 cm³/mol. The highest BCUT2D eigenvalue weighted by Gasteiger charge is 2.22. The first kappa shape index (κ1) is 17.4. The van der Waals surface area contributed by atoms with Crippen LogP contribution in [0.1, 0.15) is 40.5 Å². The molecule has 19 heavy (non-hydrogen) atoms. The highest BCUT2D eigenvalue weighted by Crippen LogP contribution is 2.15. The van der Waals surface area contributed by atoms with Crippen molar-refractivity contribution in [1.82, 2.24) is 0 Å². The lowest BCUT2D eigenvalue weighted by molar-refractivity contribution is -0.153. The molecule has 0 N–H and O–H groups in total. The third kappa shape index (κ3) is 11.3. The summed E-state index contributed by atoms with van der Waals surface area (Å²) in [5, 5.41) is 0. The number of hydrogen-bond acceptors (Lipinski definition) is 4. The van der Waals surface area contributed by atoms with Crippen molar-refractivity contribution in [3.8, 4) is 0 Å². The standard InChI is InChI=1S/C15H24O4/c1-13(16)18-11-9-7-5-6-8-10-12-19-14(17)15(2,3)4/h5-7,9H,8,10-12H2,1-4H3/b6-5+,9-7-. The molecule has 0 amide bonds. The molecular weight excluding hydrogens is 244 g/mol. The highest BCUT2D eigenvalue weighted by atomic mass is 16.5. The summed E-state index contributed by atoms with van der Waals surface area (Å²) in [5.41, 5.74) is -0.435. The number of rotatable bonds is 7. The normalized spacial score (nSPS) is 12.0. The van der Waals surface area contributed by atoms with Crippen molar-refractivity contribution in [3.05, 3.63) is 24.3 Å². The topological polar surface area (TPSA) is 52.6 Å². The lowest BCUT2D eigenvalue weighted by atomic mass is 9.97. The van der Waals surface area contributed by atoms with E-state index in [-0.39, 0.29) is 11.9 Å². The van der Waals surface area contributed by atoms with Gasteiger partial charge in [0.05, 0.1) is 12.0 Å². The van der Waals surface area contributed by atoms with E-state index in [1.807, 2.05) is 39.0 Å². The van der Waals surface area contributed by atoms with Crippen molar-refractivity contribution in [2.75, 3.05) is 13.2 Å². The molecule has 0 aliphatic rings. The zero-order valence-corrected chi connectivity index (χ0v) is 12.3. The lowest BCUT2D eigenvalue weighted by Gasteiger charge is -2.16. The van der Waals surface area contributed by atoms with Crippen molar-refractivity contribution in [2.45, 2.75) is 40.5 Å². The van der Waals surface area contributed by atoms with Crippen molar-refractivity contribution in [3.63, 3.8) is 0 Å². The van der Waals surface area contributed by atoms with E-state index in [1.165, 1.54) is 6.92 Å². The second kappa shape index (κ2) is 9.36. The summed E-state index contributed by atoms with van der Waals surface area (Å²) in [6.07, 6.45) is 9.09. The monoisotopic (exact) mass is 268 g/mol. The summed E-state index contributed by atoms with van der Waals surface area (Å²) in [4.78, 5) is 21.9. The molecule has 0 atom stereocenters. The maximum Gasteiger partial charge on any atom is 0.311 e. The molecule has 0 aromatic rings. The number of esters is 2. The Morgan fingerprint density at radius 3 is 2.26 bits per heavy atom. The van der Waals surface area contributed by atoms with Crippen molar-refractivity contribution in [2.24, 2.45) is 5.41 Å². The second-order valence-electron chi connectivity index (χ2n) is 5.19. The number of hydrogen-bond donors (Lipinski definition) is 0. The van der Waals surface area contributed by atoms with Crippen LogP contribution < -0.4 is 0 Å². The smallest absolute Gasteiger partial charge is 0.311 e. The maximum absolute atomic E-state index is 11.4. The number of allylic oxidation sites excluding steroid dienone is 3. The van der Waals surface area contributed by atoms with Crippen LogP contribution in [-0.4, -0.2) is 25.2 Å². The molecule has 4 nitrogen and oxygen atoms in total. The number of unbranched alkanes of at least 4 members (excludes halogenated alkanes) is 1. The van der Waals surface area contributed by atoms with E-state index in [2.05, 4.69) is 0 Å². The van der Waals surface area contributed by atoms with E-state index in [4.69, 9.17) is 9.47 Å². The van der Waals surface area contributed by atoms with Gasteiger partial charge in [0.15, 0.2) is 0 Å². The fraction of sp³-hybridized carbons (Fsp3) is 0.600. The summed E-state index contributed by atoms with van der Waals surface area (Å²) in [6.45, 7) is 7.62. The van der Waals surface area contributed by atoms with Gasteiger partial charge in [0.2, 0.25) is 0 Å². The minimum atomic E-state index is -0.435. The Morgan fingerprint density at radius 2 is 1.68 bits per heavy atom. The molecule has 0 saturated heterocycles. The number of carbonyl (C=O) groups is 2. The van der Waals surface area contributed by atoms with Gasteiger partial charge in [-0.05, 0) is 39.7 Å².